The molecule has 20 heavy (non-hydrogen) atoms. The average molecular weight is 321 g/mol. The second-order valence-electron chi connectivity index (χ2n) is 4.10. The minimum atomic E-state index is -3.73. The number of hydrogen-bond donors (Lipinski definition) is 2. The Balaban J connectivity index is 2.77. The van der Waals surface area contributed by atoms with E-state index < -0.39 is 16.0 Å². The number of nitrogens with two attached hydrogens (primary N) is 1. The molecule has 0 heterocycles. The number of nitrogen functional groups attached to an aromatic ring is 1. The second kappa shape index (κ2) is 6.92. The van der Waals surface area contributed by atoms with Gasteiger partial charge in [0.2, 0.25) is 10.0 Å². The number of aryl methyl sites for hydroxylation is 1. The summed E-state index contributed by atoms with van der Waals surface area (Å²) in [5.74, 6) is -0.456. The van der Waals surface area contributed by atoms with Crippen LogP contribution in [0.3, 0.4) is 0 Å². The Morgan fingerprint density at radius 2 is 2.10 bits per heavy atom. The third kappa shape index (κ3) is 4.36. The van der Waals surface area contributed by atoms with Gasteiger partial charge in [0.15, 0.2) is 0 Å². The lowest BCUT2D eigenvalue weighted by molar-refractivity contribution is -0.142. The Labute approximate surface area is 123 Å². The molecule has 0 bridgehead atoms. The van der Waals surface area contributed by atoms with E-state index in [-0.39, 0.29) is 30.2 Å². The van der Waals surface area contributed by atoms with Gasteiger partial charge in [-0.05, 0) is 31.5 Å². The smallest absolute Gasteiger partial charge is 0.307 e. The highest BCUT2D eigenvalue weighted by Gasteiger charge is 2.17. The number of ether oxygens (including phenoxy) is 1. The zero-order valence-electron chi connectivity index (χ0n) is 11.3. The van der Waals surface area contributed by atoms with Crippen molar-refractivity contribution in [3.05, 3.63) is 22.7 Å². The molecule has 0 fully saturated rings. The quantitative estimate of drug-likeness (QED) is 0.611. The van der Waals surface area contributed by atoms with E-state index in [0.717, 1.165) is 0 Å². The van der Waals surface area contributed by atoms with Crippen LogP contribution in [-0.4, -0.2) is 27.5 Å². The summed E-state index contributed by atoms with van der Waals surface area (Å²) in [6, 6.07) is 2.70. The molecule has 0 aromatic heterocycles. The molecule has 0 amide bonds. The van der Waals surface area contributed by atoms with Crippen LogP contribution in [0.4, 0.5) is 5.69 Å². The van der Waals surface area contributed by atoms with E-state index in [9.17, 15) is 13.2 Å². The molecule has 1 aromatic rings. The number of benzene rings is 1. The van der Waals surface area contributed by atoms with Crippen LogP contribution in [0.2, 0.25) is 5.02 Å². The molecule has 0 spiro atoms. The third-order valence-corrected chi connectivity index (χ3v) is 4.45. The molecule has 3 N–H and O–H groups in total. The van der Waals surface area contributed by atoms with Crippen LogP contribution in [0, 0.1) is 6.92 Å². The summed E-state index contributed by atoms with van der Waals surface area (Å²) < 4.78 is 31.1. The van der Waals surface area contributed by atoms with Crippen molar-refractivity contribution < 1.29 is 17.9 Å². The first-order valence-electron chi connectivity index (χ1n) is 5.99. The number of nitrogens with one attached hydrogen (secondary N) is 1. The van der Waals surface area contributed by atoms with Crippen molar-refractivity contribution in [3.8, 4) is 0 Å². The van der Waals surface area contributed by atoms with Crippen molar-refractivity contribution in [2.75, 3.05) is 18.9 Å². The summed E-state index contributed by atoms with van der Waals surface area (Å²) in [5.41, 5.74) is 6.40. The molecule has 0 radical (unpaired) electrons. The summed E-state index contributed by atoms with van der Waals surface area (Å²) in [7, 11) is -3.73. The van der Waals surface area contributed by atoms with Crippen molar-refractivity contribution in [1.29, 1.82) is 0 Å². The third-order valence-electron chi connectivity index (χ3n) is 2.49. The lowest BCUT2D eigenvalue weighted by Crippen LogP contribution is -2.27. The zero-order chi connectivity index (χ0) is 15.3. The summed E-state index contributed by atoms with van der Waals surface area (Å²) in [4.78, 5) is 11.1. The summed E-state index contributed by atoms with van der Waals surface area (Å²) in [5, 5.41) is 0.329. The van der Waals surface area contributed by atoms with Crippen LogP contribution < -0.4 is 10.5 Å². The Hall–Kier alpha value is -1.31. The van der Waals surface area contributed by atoms with Gasteiger partial charge in [-0.25, -0.2) is 13.1 Å². The first-order chi connectivity index (χ1) is 9.27. The van der Waals surface area contributed by atoms with E-state index in [1.54, 1.807) is 13.8 Å². The molecule has 0 aliphatic heterocycles. The van der Waals surface area contributed by atoms with Crippen LogP contribution in [0.5, 0.6) is 0 Å². The molecule has 0 saturated carbocycles. The van der Waals surface area contributed by atoms with E-state index in [1.165, 1.54) is 12.1 Å². The molecule has 112 valence electrons. The number of halogens is 1. The monoisotopic (exact) mass is 320 g/mol. The predicted octanol–water partition coefficient (Wildman–Crippen LogP) is 1.46. The fourth-order valence-electron chi connectivity index (χ4n) is 1.52. The lowest BCUT2D eigenvalue weighted by Gasteiger charge is -2.09. The van der Waals surface area contributed by atoms with Gasteiger partial charge in [0.1, 0.15) is 0 Å². The number of carbonyl (C=O) groups excluding carboxylic acids is 1. The number of rotatable bonds is 6. The first-order valence-corrected chi connectivity index (χ1v) is 7.85. The average Bonchev–Trinajstić information content (AvgIpc) is 2.35. The molecule has 0 unspecified atom stereocenters. The normalized spacial score (nSPS) is 11.3. The summed E-state index contributed by atoms with van der Waals surface area (Å²) in [6.45, 7) is 3.57. The fraction of sp³-hybridized carbons (Fsp3) is 0.417. The van der Waals surface area contributed by atoms with Crippen molar-refractivity contribution in [1.82, 2.24) is 4.72 Å². The molecule has 0 aliphatic carbocycles. The zero-order valence-corrected chi connectivity index (χ0v) is 12.8. The Morgan fingerprint density at radius 3 is 2.65 bits per heavy atom. The first kappa shape index (κ1) is 16.7. The van der Waals surface area contributed by atoms with Gasteiger partial charge in [0.05, 0.1) is 28.6 Å². The highest BCUT2D eigenvalue weighted by Crippen LogP contribution is 2.26. The second-order valence-corrected chi connectivity index (χ2v) is 6.24. The van der Waals surface area contributed by atoms with Gasteiger partial charge >= 0.3 is 5.97 Å². The van der Waals surface area contributed by atoms with Crippen molar-refractivity contribution in [2.24, 2.45) is 0 Å². The van der Waals surface area contributed by atoms with Gasteiger partial charge in [-0.15, -0.1) is 0 Å². The molecule has 0 atom stereocenters. The van der Waals surface area contributed by atoms with Crippen LogP contribution in [-0.2, 0) is 19.6 Å². The van der Waals surface area contributed by atoms with Crippen LogP contribution in [0.15, 0.2) is 17.0 Å². The SMILES string of the molecule is CCOC(=O)CCNS(=O)(=O)c1cc(C)c(Cl)c(N)c1. The fourth-order valence-corrected chi connectivity index (χ4v) is 2.78. The highest BCUT2D eigenvalue weighted by molar-refractivity contribution is 7.89. The van der Waals surface area contributed by atoms with E-state index in [4.69, 9.17) is 22.1 Å². The van der Waals surface area contributed by atoms with Gasteiger partial charge in [-0.2, -0.15) is 0 Å². The van der Waals surface area contributed by atoms with Crippen molar-refractivity contribution in [3.63, 3.8) is 0 Å². The van der Waals surface area contributed by atoms with Crippen molar-refractivity contribution >= 4 is 33.3 Å². The molecular formula is C12H17ClN2O4S. The van der Waals surface area contributed by atoms with Gasteiger partial charge in [0, 0.05) is 6.54 Å². The molecule has 1 rings (SSSR count). The van der Waals surface area contributed by atoms with E-state index >= 15 is 0 Å². The Bertz CT molecular complexity index is 578. The number of esters is 1. The van der Waals surface area contributed by atoms with Gasteiger partial charge in [-0.3, -0.25) is 4.79 Å². The molecule has 1 aromatic carbocycles. The number of sulfonamides is 1. The van der Waals surface area contributed by atoms with E-state index in [0.29, 0.717) is 10.6 Å². The predicted molar refractivity (Wildman–Crippen MR) is 77.0 cm³/mol. The molecule has 0 aliphatic rings. The maximum Gasteiger partial charge on any atom is 0.307 e. The van der Waals surface area contributed by atoms with Crippen LogP contribution in [0.25, 0.3) is 0 Å². The minimum Gasteiger partial charge on any atom is -0.466 e. The number of carbonyl (C=O) groups is 1. The Morgan fingerprint density at radius 1 is 1.45 bits per heavy atom. The standard InChI is InChI=1S/C12H17ClN2O4S/c1-3-19-11(16)4-5-15-20(17,18)9-6-8(2)12(13)10(14)7-9/h6-7,15H,3-5,14H2,1-2H3. The Kier molecular flexibility index (Phi) is 5.79. The maximum atomic E-state index is 12.0. The van der Waals surface area contributed by atoms with E-state index in [2.05, 4.69) is 4.72 Å². The van der Waals surface area contributed by atoms with Crippen LogP contribution in [0.1, 0.15) is 18.9 Å². The van der Waals surface area contributed by atoms with E-state index in [1.807, 2.05) is 0 Å². The highest BCUT2D eigenvalue weighted by atomic mass is 35.5. The maximum absolute atomic E-state index is 12.0. The molecule has 8 heteroatoms. The minimum absolute atomic E-state index is 0.0146. The number of anilines is 1. The molecule has 6 nitrogen and oxygen atoms in total. The largest absolute Gasteiger partial charge is 0.466 e. The van der Waals surface area contributed by atoms with Gasteiger partial charge in [-0.1, -0.05) is 11.6 Å². The molecular weight excluding hydrogens is 304 g/mol. The number of hydrogen-bond acceptors (Lipinski definition) is 5. The van der Waals surface area contributed by atoms with Crippen molar-refractivity contribution in [2.45, 2.75) is 25.2 Å². The summed E-state index contributed by atoms with van der Waals surface area (Å²) in [6.07, 6.45) is -0.0326. The van der Waals surface area contributed by atoms with Gasteiger partial charge < -0.3 is 10.5 Å². The van der Waals surface area contributed by atoms with Crippen LogP contribution >= 0.6 is 11.6 Å². The lowest BCUT2D eigenvalue weighted by atomic mass is 10.2. The van der Waals surface area contributed by atoms with Gasteiger partial charge in [0.25, 0.3) is 0 Å². The summed E-state index contributed by atoms with van der Waals surface area (Å²) >= 11 is 5.88. The topological polar surface area (TPSA) is 98.5 Å². The molecule has 0 saturated heterocycles.